The summed E-state index contributed by atoms with van der Waals surface area (Å²) in [5, 5.41) is 3.58. The Morgan fingerprint density at radius 2 is 1.62 bits per heavy atom. The monoisotopic (exact) mass is 297 g/mol. The molecule has 0 bridgehead atoms. The van der Waals surface area contributed by atoms with E-state index in [9.17, 15) is 13.2 Å². The SMILES string of the molecule is FC(F)(F)c1ccc(C2CCCCC2CNC2CC2)cc1. The van der Waals surface area contributed by atoms with Crippen LogP contribution in [0, 0.1) is 5.92 Å². The molecule has 1 aromatic carbocycles. The zero-order chi connectivity index (χ0) is 14.9. The summed E-state index contributed by atoms with van der Waals surface area (Å²) in [4.78, 5) is 0. The standard InChI is InChI=1S/C17H22F3N/c18-17(19,20)14-7-5-12(6-8-14)16-4-2-1-3-13(16)11-21-15-9-10-15/h5-8,13,15-16,21H,1-4,9-11H2. The molecule has 1 N–H and O–H groups in total. The highest BCUT2D eigenvalue weighted by atomic mass is 19.4. The quantitative estimate of drug-likeness (QED) is 0.847. The molecule has 1 aromatic rings. The lowest BCUT2D eigenvalue weighted by Gasteiger charge is -2.32. The number of rotatable bonds is 4. The summed E-state index contributed by atoms with van der Waals surface area (Å²) in [6.07, 6.45) is 3.03. The van der Waals surface area contributed by atoms with Crippen molar-refractivity contribution < 1.29 is 13.2 Å². The second kappa shape index (κ2) is 5.99. The molecule has 0 radical (unpaired) electrons. The first-order valence-electron chi connectivity index (χ1n) is 7.94. The van der Waals surface area contributed by atoms with E-state index in [1.165, 1.54) is 44.2 Å². The van der Waals surface area contributed by atoms with Gasteiger partial charge in [0.15, 0.2) is 0 Å². The van der Waals surface area contributed by atoms with Crippen LogP contribution in [0.4, 0.5) is 13.2 Å². The van der Waals surface area contributed by atoms with Gasteiger partial charge in [-0.2, -0.15) is 13.2 Å². The Kier molecular flexibility index (Phi) is 4.25. The Balaban J connectivity index is 1.69. The number of alkyl halides is 3. The third-order valence-electron chi connectivity index (χ3n) is 4.82. The van der Waals surface area contributed by atoms with Crippen molar-refractivity contribution in [1.29, 1.82) is 0 Å². The molecule has 3 rings (SSSR count). The van der Waals surface area contributed by atoms with Gasteiger partial charge in [-0.05, 0) is 61.8 Å². The molecule has 2 saturated carbocycles. The third kappa shape index (κ3) is 3.79. The van der Waals surface area contributed by atoms with E-state index in [0.29, 0.717) is 17.9 Å². The molecule has 2 unspecified atom stereocenters. The van der Waals surface area contributed by atoms with Crippen LogP contribution in [0.15, 0.2) is 24.3 Å². The van der Waals surface area contributed by atoms with Gasteiger partial charge < -0.3 is 5.32 Å². The molecule has 0 aromatic heterocycles. The molecule has 0 amide bonds. The van der Waals surface area contributed by atoms with Crippen LogP contribution < -0.4 is 5.32 Å². The number of nitrogens with one attached hydrogen (secondary N) is 1. The van der Waals surface area contributed by atoms with Crippen molar-refractivity contribution in [2.75, 3.05) is 6.54 Å². The highest BCUT2D eigenvalue weighted by molar-refractivity contribution is 5.28. The number of hydrogen-bond acceptors (Lipinski definition) is 1. The predicted molar refractivity (Wildman–Crippen MR) is 77.2 cm³/mol. The molecule has 0 heterocycles. The van der Waals surface area contributed by atoms with Crippen LogP contribution in [-0.4, -0.2) is 12.6 Å². The normalized spacial score (nSPS) is 26.8. The Morgan fingerprint density at radius 1 is 0.952 bits per heavy atom. The van der Waals surface area contributed by atoms with Crippen molar-refractivity contribution >= 4 is 0 Å². The highest BCUT2D eigenvalue weighted by Crippen LogP contribution is 2.39. The lowest BCUT2D eigenvalue weighted by atomic mass is 9.75. The van der Waals surface area contributed by atoms with E-state index in [2.05, 4.69) is 5.32 Å². The first-order valence-corrected chi connectivity index (χ1v) is 7.94. The first kappa shape index (κ1) is 14.9. The second-order valence-corrected chi connectivity index (χ2v) is 6.45. The van der Waals surface area contributed by atoms with Crippen LogP contribution in [0.1, 0.15) is 55.6 Å². The van der Waals surface area contributed by atoms with Crippen molar-refractivity contribution in [1.82, 2.24) is 5.32 Å². The van der Waals surface area contributed by atoms with Gasteiger partial charge in [-0.15, -0.1) is 0 Å². The molecule has 2 aliphatic rings. The maximum absolute atomic E-state index is 12.6. The molecule has 2 aliphatic carbocycles. The number of hydrogen-bond donors (Lipinski definition) is 1. The summed E-state index contributed by atoms with van der Waals surface area (Å²) in [6.45, 7) is 1.01. The Labute approximate surface area is 123 Å². The van der Waals surface area contributed by atoms with Crippen LogP contribution in [0.2, 0.25) is 0 Å². The van der Waals surface area contributed by atoms with Gasteiger partial charge in [0, 0.05) is 6.04 Å². The van der Waals surface area contributed by atoms with Gasteiger partial charge >= 0.3 is 6.18 Å². The van der Waals surface area contributed by atoms with Crippen LogP contribution in [0.5, 0.6) is 0 Å². The topological polar surface area (TPSA) is 12.0 Å². The summed E-state index contributed by atoms with van der Waals surface area (Å²) in [6, 6.07) is 6.52. The minimum atomic E-state index is -4.24. The van der Waals surface area contributed by atoms with Crippen molar-refractivity contribution in [2.45, 2.75) is 56.7 Å². The molecule has 21 heavy (non-hydrogen) atoms. The van der Waals surface area contributed by atoms with Gasteiger partial charge in [0.2, 0.25) is 0 Å². The first-order chi connectivity index (χ1) is 10.0. The van der Waals surface area contributed by atoms with Gasteiger partial charge in [0.25, 0.3) is 0 Å². The molecule has 0 saturated heterocycles. The molecule has 2 fully saturated rings. The summed E-state index contributed by atoms with van der Waals surface area (Å²) >= 11 is 0. The Morgan fingerprint density at radius 3 is 2.24 bits per heavy atom. The van der Waals surface area contributed by atoms with Crippen molar-refractivity contribution in [3.8, 4) is 0 Å². The zero-order valence-electron chi connectivity index (χ0n) is 12.1. The lowest BCUT2D eigenvalue weighted by molar-refractivity contribution is -0.137. The van der Waals surface area contributed by atoms with E-state index in [1.807, 2.05) is 0 Å². The molecule has 0 aliphatic heterocycles. The second-order valence-electron chi connectivity index (χ2n) is 6.45. The summed E-state index contributed by atoms with van der Waals surface area (Å²) in [5.41, 5.74) is 0.528. The average molecular weight is 297 g/mol. The van der Waals surface area contributed by atoms with Gasteiger partial charge in [-0.1, -0.05) is 25.0 Å². The number of benzene rings is 1. The fourth-order valence-electron chi connectivity index (χ4n) is 3.42. The minimum absolute atomic E-state index is 0.410. The van der Waals surface area contributed by atoms with Crippen molar-refractivity contribution in [3.05, 3.63) is 35.4 Å². The van der Waals surface area contributed by atoms with E-state index >= 15 is 0 Å². The molecule has 116 valence electrons. The zero-order valence-corrected chi connectivity index (χ0v) is 12.1. The van der Waals surface area contributed by atoms with Gasteiger partial charge in [-0.3, -0.25) is 0 Å². The maximum atomic E-state index is 12.6. The van der Waals surface area contributed by atoms with E-state index in [-0.39, 0.29) is 0 Å². The summed E-state index contributed by atoms with van der Waals surface area (Å²) in [7, 11) is 0. The highest BCUT2D eigenvalue weighted by Gasteiger charge is 2.32. The lowest BCUT2D eigenvalue weighted by Crippen LogP contribution is -2.30. The predicted octanol–water partition coefficient (Wildman–Crippen LogP) is 4.73. The Hall–Kier alpha value is -1.03. The van der Waals surface area contributed by atoms with E-state index in [1.54, 1.807) is 12.1 Å². The van der Waals surface area contributed by atoms with Gasteiger partial charge in [-0.25, -0.2) is 0 Å². The van der Waals surface area contributed by atoms with Crippen LogP contribution in [-0.2, 0) is 6.18 Å². The van der Waals surface area contributed by atoms with Crippen LogP contribution in [0.3, 0.4) is 0 Å². The van der Waals surface area contributed by atoms with Gasteiger partial charge in [0.05, 0.1) is 5.56 Å². The average Bonchev–Trinajstić information content (AvgIpc) is 3.29. The van der Waals surface area contributed by atoms with Gasteiger partial charge in [0.1, 0.15) is 0 Å². The molecular weight excluding hydrogens is 275 g/mol. The molecule has 2 atom stereocenters. The summed E-state index contributed by atoms with van der Waals surface area (Å²) < 4.78 is 37.9. The minimum Gasteiger partial charge on any atom is -0.314 e. The third-order valence-corrected chi connectivity index (χ3v) is 4.82. The largest absolute Gasteiger partial charge is 0.416 e. The molecular formula is C17H22F3N. The molecule has 4 heteroatoms. The number of halogens is 3. The van der Waals surface area contributed by atoms with E-state index in [4.69, 9.17) is 0 Å². The van der Waals surface area contributed by atoms with Crippen LogP contribution >= 0.6 is 0 Å². The summed E-state index contributed by atoms with van der Waals surface area (Å²) in [5.74, 6) is 0.975. The molecule has 0 spiro atoms. The smallest absolute Gasteiger partial charge is 0.314 e. The molecule has 1 nitrogen and oxygen atoms in total. The maximum Gasteiger partial charge on any atom is 0.416 e. The fourth-order valence-corrected chi connectivity index (χ4v) is 3.42. The van der Waals surface area contributed by atoms with Crippen LogP contribution in [0.25, 0.3) is 0 Å². The van der Waals surface area contributed by atoms with E-state index < -0.39 is 11.7 Å². The van der Waals surface area contributed by atoms with Crippen molar-refractivity contribution in [2.24, 2.45) is 5.92 Å². The van der Waals surface area contributed by atoms with E-state index in [0.717, 1.165) is 18.5 Å². The Bertz CT molecular complexity index is 462. The van der Waals surface area contributed by atoms with Crippen molar-refractivity contribution in [3.63, 3.8) is 0 Å². The fraction of sp³-hybridized carbons (Fsp3) is 0.647.